The summed E-state index contributed by atoms with van der Waals surface area (Å²) in [6, 6.07) is 0. The standard InChI is InChI=1S/C11H18N4/c1-8-10(12-3)13-9(2)14-11(8)15-6-4-5-7-15/h4-7H2,1-3H3,(H,12,13,14). The third-order valence-electron chi connectivity index (χ3n) is 2.87. The van der Waals surface area contributed by atoms with Gasteiger partial charge in [0.2, 0.25) is 0 Å². The third kappa shape index (κ3) is 1.89. The Morgan fingerprint density at radius 3 is 2.40 bits per heavy atom. The van der Waals surface area contributed by atoms with E-state index in [9.17, 15) is 0 Å². The smallest absolute Gasteiger partial charge is 0.137 e. The van der Waals surface area contributed by atoms with E-state index in [1.54, 1.807) is 0 Å². The highest BCUT2D eigenvalue weighted by atomic mass is 15.2. The number of hydrogen-bond donors (Lipinski definition) is 1. The number of hydrogen-bond acceptors (Lipinski definition) is 4. The fourth-order valence-corrected chi connectivity index (χ4v) is 2.09. The Labute approximate surface area is 90.7 Å². The second kappa shape index (κ2) is 4.04. The predicted octanol–water partition coefficient (Wildman–Crippen LogP) is 1.74. The Balaban J connectivity index is 2.40. The van der Waals surface area contributed by atoms with Crippen molar-refractivity contribution in [1.29, 1.82) is 0 Å². The second-order valence-electron chi connectivity index (χ2n) is 4.01. The highest BCUT2D eigenvalue weighted by molar-refractivity contribution is 5.58. The summed E-state index contributed by atoms with van der Waals surface area (Å²) in [4.78, 5) is 11.3. The minimum absolute atomic E-state index is 0.840. The van der Waals surface area contributed by atoms with E-state index in [0.717, 1.165) is 36.1 Å². The number of nitrogens with one attached hydrogen (secondary N) is 1. The lowest BCUT2D eigenvalue weighted by Gasteiger charge is -2.20. The molecule has 0 spiro atoms. The minimum Gasteiger partial charge on any atom is -0.373 e. The van der Waals surface area contributed by atoms with Crippen LogP contribution in [0.2, 0.25) is 0 Å². The number of aryl methyl sites for hydroxylation is 1. The molecule has 0 atom stereocenters. The van der Waals surface area contributed by atoms with Crippen LogP contribution in [0.4, 0.5) is 11.6 Å². The van der Waals surface area contributed by atoms with Crippen LogP contribution in [0.3, 0.4) is 0 Å². The lowest BCUT2D eigenvalue weighted by molar-refractivity contribution is 0.899. The highest BCUT2D eigenvalue weighted by Gasteiger charge is 2.18. The quantitative estimate of drug-likeness (QED) is 0.800. The van der Waals surface area contributed by atoms with Crippen molar-refractivity contribution in [1.82, 2.24) is 9.97 Å². The van der Waals surface area contributed by atoms with Gasteiger partial charge in [0.25, 0.3) is 0 Å². The van der Waals surface area contributed by atoms with Crippen molar-refractivity contribution in [3.63, 3.8) is 0 Å². The van der Waals surface area contributed by atoms with E-state index in [-0.39, 0.29) is 0 Å². The zero-order chi connectivity index (χ0) is 10.8. The number of anilines is 2. The second-order valence-corrected chi connectivity index (χ2v) is 4.01. The maximum Gasteiger partial charge on any atom is 0.137 e. The molecule has 0 aromatic carbocycles. The molecule has 1 N–H and O–H groups in total. The summed E-state index contributed by atoms with van der Waals surface area (Å²) >= 11 is 0. The number of nitrogens with zero attached hydrogens (tertiary/aromatic N) is 3. The highest BCUT2D eigenvalue weighted by Crippen LogP contribution is 2.25. The van der Waals surface area contributed by atoms with E-state index in [2.05, 4.69) is 27.1 Å². The predicted molar refractivity (Wildman–Crippen MR) is 62.5 cm³/mol. The summed E-state index contributed by atoms with van der Waals surface area (Å²) in [5.74, 6) is 2.89. The summed E-state index contributed by atoms with van der Waals surface area (Å²) in [5, 5.41) is 3.12. The van der Waals surface area contributed by atoms with Crippen molar-refractivity contribution in [2.45, 2.75) is 26.7 Å². The van der Waals surface area contributed by atoms with Crippen LogP contribution in [0.5, 0.6) is 0 Å². The SMILES string of the molecule is CNc1nc(C)nc(N2CCCC2)c1C. The van der Waals surface area contributed by atoms with Gasteiger partial charge in [-0.3, -0.25) is 0 Å². The molecule has 0 aliphatic carbocycles. The molecule has 1 aromatic heterocycles. The van der Waals surface area contributed by atoms with Gasteiger partial charge in [-0.25, -0.2) is 9.97 Å². The summed E-state index contributed by atoms with van der Waals surface area (Å²) in [7, 11) is 1.91. The first-order chi connectivity index (χ1) is 7.22. The van der Waals surface area contributed by atoms with Crippen molar-refractivity contribution in [2.75, 3.05) is 30.4 Å². The van der Waals surface area contributed by atoms with E-state index in [1.807, 2.05) is 14.0 Å². The Kier molecular flexibility index (Phi) is 2.75. The molecule has 2 rings (SSSR count). The number of aromatic nitrogens is 2. The Morgan fingerprint density at radius 1 is 1.13 bits per heavy atom. The van der Waals surface area contributed by atoms with Gasteiger partial charge in [0, 0.05) is 25.7 Å². The molecule has 0 bridgehead atoms. The largest absolute Gasteiger partial charge is 0.373 e. The zero-order valence-corrected chi connectivity index (χ0v) is 9.67. The molecular weight excluding hydrogens is 188 g/mol. The maximum absolute atomic E-state index is 4.54. The van der Waals surface area contributed by atoms with Gasteiger partial charge < -0.3 is 10.2 Å². The van der Waals surface area contributed by atoms with Crippen LogP contribution in [0.25, 0.3) is 0 Å². The molecular formula is C11H18N4. The van der Waals surface area contributed by atoms with Gasteiger partial charge in [-0.05, 0) is 26.7 Å². The monoisotopic (exact) mass is 206 g/mol. The van der Waals surface area contributed by atoms with Crippen molar-refractivity contribution in [3.8, 4) is 0 Å². The Morgan fingerprint density at radius 2 is 1.80 bits per heavy atom. The Bertz CT molecular complexity index is 356. The average molecular weight is 206 g/mol. The van der Waals surface area contributed by atoms with Gasteiger partial charge in [0.1, 0.15) is 17.5 Å². The van der Waals surface area contributed by atoms with E-state index >= 15 is 0 Å². The fraction of sp³-hybridized carbons (Fsp3) is 0.636. The molecule has 0 amide bonds. The first-order valence-electron chi connectivity index (χ1n) is 5.50. The van der Waals surface area contributed by atoms with Crippen LogP contribution in [0, 0.1) is 13.8 Å². The molecule has 4 heteroatoms. The zero-order valence-electron chi connectivity index (χ0n) is 9.67. The van der Waals surface area contributed by atoms with Crippen molar-refractivity contribution < 1.29 is 0 Å². The van der Waals surface area contributed by atoms with Gasteiger partial charge in [0.05, 0.1) is 0 Å². The van der Waals surface area contributed by atoms with E-state index in [4.69, 9.17) is 0 Å². The summed E-state index contributed by atoms with van der Waals surface area (Å²) < 4.78 is 0. The van der Waals surface area contributed by atoms with E-state index < -0.39 is 0 Å². The average Bonchev–Trinajstić information content (AvgIpc) is 2.74. The van der Waals surface area contributed by atoms with Crippen molar-refractivity contribution >= 4 is 11.6 Å². The van der Waals surface area contributed by atoms with E-state index in [1.165, 1.54) is 12.8 Å². The fourth-order valence-electron chi connectivity index (χ4n) is 2.09. The topological polar surface area (TPSA) is 41.1 Å². The van der Waals surface area contributed by atoms with Crippen LogP contribution in [0.1, 0.15) is 24.2 Å². The lowest BCUT2D eigenvalue weighted by atomic mass is 10.3. The summed E-state index contributed by atoms with van der Waals surface area (Å²) in [5.41, 5.74) is 1.16. The number of rotatable bonds is 2. The molecule has 15 heavy (non-hydrogen) atoms. The van der Waals surface area contributed by atoms with Crippen LogP contribution >= 0.6 is 0 Å². The summed E-state index contributed by atoms with van der Waals surface area (Å²) in [6.45, 7) is 6.28. The molecule has 82 valence electrons. The molecule has 2 heterocycles. The first kappa shape index (κ1) is 10.2. The summed E-state index contributed by atoms with van der Waals surface area (Å²) in [6.07, 6.45) is 2.55. The van der Waals surface area contributed by atoms with Crippen LogP contribution in [-0.4, -0.2) is 30.1 Å². The normalized spacial score (nSPS) is 15.8. The maximum atomic E-state index is 4.54. The molecule has 1 fully saturated rings. The van der Waals surface area contributed by atoms with Crippen LogP contribution < -0.4 is 10.2 Å². The molecule has 1 aromatic rings. The van der Waals surface area contributed by atoms with Crippen LogP contribution in [-0.2, 0) is 0 Å². The third-order valence-corrected chi connectivity index (χ3v) is 2.87. The van der Waals surface area contributed by atoms with Gasteiger partial charge in [-0.15, -0.1) is 0 Å². The minimum atomic E-state index is 0.840. The molecule has 0 radical (unpaired) electrons. The van der Waals surface area contributed by atoms with Gasteiger partial charge >= 0.3 is 0 Å². The van der Waals surface area contributed by atoms with E-state index in [0.29, 0.717) is 0 Å². The Hall–Kier alpha value is -1.32. The first-order valence-corrected chi connectivity index (χ1v) is 5.50. The van der Waals surface area contributed by atoms with Gasteiger partial charge in [-0.1, -0.05) is 0 Å². The molecule has 0 saturated carbocycles. The molecule has 1 aliphatic heterocycles. The van der Waals surface area contributed by atoms with Crippen LogP contribution in [0.15, 0.2) is 0 Å². The van der Waals surface area contributed by atoms with Crippen molar-refractivity contribution in [3.05, 3.63) is 11.4 Å². The van der Waals surface area contributed by atoms with Crippen molar-refractivity contribution in [2.24, 2.45) is 0 Å². The van der Waals surface area contributed by atoms with Gasteiger partial charge in [0.15, 0.2) is 0 Å². The molecule has 0 unspecified atom stereocenters. The molecule has 1 saturated heterocycles. The molecule has 1 aliphatic rings. The lowest BCUT2D eigenvalue weighted by Crippen LogP contribution is -2.21. The molecule has 4 nitrogen and oxygen atoms in total. The van der Waals surface area contributed by atoms with Gasteiger partial charge in [-0.2, -0.15) is 0 Å².